The van der Waals surface area contributed by atoms with Crippen LogP contribution in [0.15, 0.2) is 0 Å². The van der Waals surface area contributed by atoms with E-state index in [0.717, 1.165) is 12.8 Å². The van der Waals surface area contributed by atoms with Crippen LogP contribution in [-0.4, -0.2) is 35.6 Å². The molecule has 0 aromatic rings. The van der Waals surface area contributed by atoms with E-state index in [1.54, 1.807) is 0 Å². The summed E-state index contributed by atoms with van der Waals surface area (Å²) >= 11 is 4.21. The minimum Gasteiger partial charge on any atom is -0.299 e. The van der Waals surface area contributed by atoms with Gasteiger partial charge in [0.05, 0.1) is 0 Å². The highest BCUT2D eigenvalue weighted by molar-refractivity contribution is 7.81. The maximum absolute atomic E-state index is 12.2. The molecular formula is C15H29NOS. The van der Waals surface area contributed by atoms with Gasteiger partial charge in [0, 0.05) is 17.7 Å². The highest BCUT2D eigenvalue weighted by Crippen LogP contribution is 2.28. The van der Waals surface area contributed by atoms with E-state index < -0.39 is 0 Å². The van der Waals surface area contributed by atoms with Crippen molar-refractivity contribution in [1.82, 2.24) is 4.90 Å². The summed E-state index contributed by atoms with van der Waals surface area (Å²) in [7, 11) is 0. The van der Waals surface area contributed by atoms with Gasteiger partial charge in [0.2, 0.25) is 0 Å². The van der Waals surface area contributed by atoms with Crippen molar-refractivity contribution in [3.05, 3.63) is 0 Å². The first kappa shape index (κ1) is 16.0. The normalized spacial score (nSPS) is 20.3. The Balaban J connectivity index is 2.78. The molecule has 0 aromatic heterocycles. The summed E-state index contributed by atoms with van der Waals surface area (Å²) < 4.78 is 0. The molecule has 0 amide bonds. The molecule has 2 nitrogen and oxygen atoms in total. The maximum atomic E-state index is 12.2. The Morgan fingerprint density at radius 2 is 1.89 bits per heavy atom. The SMILES string of the molecule is CCCC[C@@H](C(=O)CS)[C@H](C(C)C)N1CCCC1. The number of likely N-dealkylation sites (tertiary alicyclic amines) is 1. The number of thiol groups is 1. The molecule has 0 aromatic carbocycles. The fraction of sp³-hybridized carbons (Fsp3) is 0.933. The third-order valence-electron chi connectivity index (χ3n) is 4.10. The van der Waals surface area contributed by atoms with Crippen LogP contribution in [0.1, 0.15) is 52.9 Å². The molecular weight excluding hydrogens is 242 g/mol. The third-order valence-corrected chi connectivity index (χ3v) is 4.41. The van der Waals surface area contributed by atoms with Gasteiger partial charge in [0.1, 0.15) is 5.78 Å². The van der Waals surface area contributed by atoms with Crippen LogP contribution in [0.5, 0.6) is 0 Å². The van der Waals surface area contributed by atoms with Crippen LogP contribution in [0, 0.1) is 11.8 Å². The fourth-order valence-electron chi connectivity index (χ4n) is 3.24. The molecule has 1 saturated heterocycles. The van der Waals surface area contributed by atoms with Gasteiger partial charge in [-0.1, -0.05) is 33.6 Å². The molecule has 1 rings (SSSR count). The van der Waals surface area contributed by atoms with Gasteiger partial charge in [-0.3, -0.25) is 9.69 Å². The summed E-state index contributed by atoms with van der Waals surface area (Å²) in [6.07, 6.45) is 5.94. The predicted molar refractivity (Wildman–Crippen MR) is 81.3 cm³/mol. The van der Waals surface area contributed by atoms with Crippen molar-refractivity contribution in [2.24, 2.45) is 11.8 Å². The Labute approximate surface area is 118 Å². The number of unbranched alkanes of at least 4 members (excludes halogenated alkanes) is 1. The first-order chi connectivity index (χ1) is 8.61. The van der Waals surface area contributed by atoms with Crippen molar-refractivity contribution in [1.29, 1.82) is 0 Å². The molecule has 106 valence electrons. The zero-order chi connectivity index (χ0) is 13.5. The lowest BCUT2D eigenvalue weighted by Gasteiger charge is -2.36. The Morgan fingerprint density at radius 3 is 2.33 bits per heavy atom. The molecule has 2 atom stereocenters. The summed E-state index contributed by atoms with van der Waals surface area (Å²) in [6, 6.07) is 0.429. The summed E-state index contributed by atoms with van der Waals surface area (Å²) in [4.78, 5) is 14.8. The molecule has 0 N–H and O–H groups in total. The number of nitrogens with zero attached hydrogens (tertiary/aromatic N) is 1. The van der Waals surface area contributed by atoms with Crippen molar-refractivity contribution in [3.8, 4) is 0 Å². The van der Waals surface area contributed by atoms with Crippen LogP contribution >= 0.6 is 12.6 Å². The third kappa shape index (κ3) is 4.27. The second-order valence-electron chi connectivity index (χ2n) is 5.85. The first-order valence-corrected chi connectivity index (χ1v) is 8.12. The zero-order valence-corrected chi connectivity index (χ0v) is 13.1. The number of carbonyl (C=O) groups excluding carboxylic acids is 1. The van der Waals surface area contributed by atoms with E-state index in [1.807, 2.05) is 0 Å². The van der Waals surface area contributed by atoms with Gasteiger partial charge in [-0.05, 0) is 38.3 Å². The van der Waals surface area contributed by atoms with Crippen molar-refractivity contribution in [3.63, 3.8) is 0 Å². The summed E-state index contributed by atoms with van der Waals surface area (Å²) in [5.41, 5.74) is 0. The number of rotatable bonds is 8. The first-order valence-electron chi connectivity index (χ1n) is 7.49. The lowest BCUT2D eigenvalue weighted by atomic mass is 9.83. The molecule has 0 bridgehead atoms. The molecule has 1 aliphatic rings. The van der Waals surface area contributed by atoms with Gasteiger partial charge in [0.15, 0.2) is 0 Å². The number of ketones is 1. The van der Waals surface area contributed by atoms with Gasteiger partial charge in [-0.15, -0.1) is 0 Å². The highest BCUT2D eigenvalue weighted by atomic mass is 32.1. The Kier molecular flexibility index (Phi) is 7.31. The van der Waals surface area contributed by atoms with Crippen LogP contribution in [-0.2, 0) is 4.79 Å². The average Bonchev–Trinajstić information content (AvgIpc) is 2.86. The number of hydrogen-bond acceptors (Lipinski definition) is 3. The van der Waals surface area contributed by atoms with Gasteiger partial charge in [0.25, 0.3) is 0 Å². The molecule has 18 heavy (non-hydrogen) atoms. The van der Waals surface area contributed by atoms with E-state index >= 15 is 0 Å². The predicted octanol–water partition coefficient (Wildman–Crippen LogP) is 3.41. The zero-order valence-electron chi connectivity index (χ0n) is 12.2. The molecule has 1 aliphatic heterocycles. The van der Waals surface area contributed by atoms with Crippen molar-refractivity contribution >= 4 is 18.4 Å². The van der Waals surface area contributed by atoms with Crippen LogP contribution in [0.4, 0.5) is 0 Å². The molecule has 0 radical (unpaired) electrons. The molecule has 1 heterocycles. The second-order valence-corrected chi connectivity index (χ2v) is 6.17. The van der Waals surface area contributed by atoms with E-state index in [4.69, 9.17) is 0 Å². The van der Waals surface area contributed by atoms with E-state index in [2.05, 4.69) is 38.3 Å². The van der Waals surface area contributed by atoms with Crippen molar-refractivity contribution < 1.29 is 4.79 Å². The fourth-order valence-corrected chi connectivity index (χ4v) is 3.48. The van der Waals surface area contributed by atoms with Gasteiger partial charge >= 0.3 is 0 Å². The molecule has 1 fully saturated rings. The van der Waals surface area contributed by atoms with Gasteiger partial charge in [-0.25, -0.2) is 0 Å². The van der Waals surface area contributed by atoms with E-state index in [9.17, 15) is 4.79 Å². The molecule has 0 unspecified atom stereocenters. The van der Waals surface area contributed by atoms with Crippen molar-refractivity contribution in [2.75, 3.05) is 18.8 Å². The minimum atomic E-state index is 0.195. The number of hydrogen-bond donors (Lipinski definition) is 1. The maximum Gasteiger partial charge on any atom is 0.147 e. The van der Waals surface area contributed by atoms with E-state index in [0.29, 0.717) is 23.5 Å². The monoisotopic (exact) mass is 271 g/mol. The van der Waals surface area contributed by atoms with Gasteiger partial charge in [-0.2, -0.15) is 12.6 Å². The Hall–Kier alpha value is -0.0200. The summed E-state index contributed by atoms with van der Waals surface area (Å²) in [6.45, 7) is 9.06. The second kappa shape index (κ2) is 8.21. The topological polar surface area (TPSA) is 20.3 Å². The van der Waals surface area contributed by atoms with Crippen LogP contribution < -0.4 is 0 Å². The lowest BCUT2D eigenvalue weighted by Crippen LogP contribution is -2.46. The number of carbonyl (C=O) groups is 1. The standard InChI is InChI=1S/C15H29NOS/c1-4-5-8-13(14(17)11-18)15(12(2)3)16-9-6-7-10-16/h12-13,15,18H,4-11H2,1-3H3/t13-,15-/m0/s1. The van der Waals surface area contributed by atoms with Crippen LogP contribution in [0.2, 0.25) is 0 Å². The Morgan fingerprint density at radius 1 is 1.28 bits per heavy atom. The van der Waals surface area contributed by atoms with Crippen molar-refractivity contribution in [2.45, 2.75) is 58.9 Å². The van der Waals surface area contributed by atoms with Crippen LogP contribution in [0.3, 0.4) is 0 Å². The van der Waals surface area contributed by atoms with Gasteiger partial charge < -0.3 is 0 Å². The molecule has 0 aliphatic carbocycles. The molecule has 0 spiro atoms. The van der Waals surface area contributed by atoms with E-state index in [1.165, 1.54) is 32.4 Å². The average molecular weight is 271 g/mol. The van der Waals surface area contributed by atoms with Crippen LogP contribution in [0.25, 0.3) is 0 Å². The largest absolute Gasteiger partial charge is 0.299 e. The minimum absolute atomic E-state index is 0.195. The smallest absolute Gasteiger partial charge is 0.147 e. The van der Waals surface area contributed by atoms with E-state index in [-0.39, 0.29) is 5.92 Å². The molecule has 0 saturated carbocycles. The lowest BCUT2D eigenvalue weighted by molar-refractivity contribution is -0.123. The highest BCUT2D eigenvalue weighted by Gasteiger charge is 2.34. The summed E-state index contributed by atoms with van der Waals surface area (Å²) in [5, 5.41) is 0. The quantitative estimate of drug-likeness (QED) is 0.683. The molecule has 3 heteroatoms. The summed E-state index contributed by atoms with van der Waals surface area (Å²) in [5.74, 6) is 1.48. The Bertz CT molecular complexity index is 249. The number of Topliss-reactive ketones (excluding diaryl/α,β-unsaturated/α-hetero) is 1.